The molecule has 8 nitrogen and oxygen atoms in total. The standard InChI is InChI=1S/C26H27F3N4O4/c1-14(18-5-3-16(28)10-20(18)29)30-23(34)22(11-26-8-7-17(32(26)2)12-37-13-26)33-24(35)19-9-15(27)4-6-21(19)31-25(33)36/h3-6,9-10,14,17,22H,7-8,11-13H2,1-2H3,(H,30,34)(H,31,36)/t14-,17?,22?,26?/m0/s1. The Kier molecular flexibility index (Phi) is 6.45. The summed E-state index contributed by atoms with van der Waals surface area (Å²) in [6, 6.07) is 4.39. The van der Waals surface area contributed by atoms with Crippen molar-refractivity contribution >= 4 is 16.8 Å². The Morgan fingerprint density at radius 3 is 2.68 bits per heavy atom. The Balaban J connectivity index is 1.58. The van der Waals surface area contributed by atoms with Gasteiger partial charge in [-0.2, -0.15) is 0 Å². The monoisotopic (exact) mass is 516 g/mol. The number of H-pyrrole nitrogens is 1. The van der Waals surface area contributed by atoms with E-state index in [4.69, 9.17) is 4.74 Å². The summed E-state index contributed by atoms with van der Waals surface area (Å²) < 4.78 is 48.4. The summed E-state index contributed by atoms with van der Waals surface area (Å²) >= 11 is 0. The first-order valence-corrected chi connectivity index (χ1v) is 12.1. The number of benzene rings is 2. The van der Waals surface area contributed by atoms with Crippen molar-refractivity contribution < 1.29 is 22.7 Å². The number of carbonyl (C=O) groups excluding carboxylic acids is 1. The number of aromatic amines is 1. The molecule has 3 unspecified atom stereocenters. The highest BCUT2D eigenvalue weighted by atomic mass is 19.1. The van der Waals surface area contributed by atoms with Crippen molar-refractivity contribution in [1.82, 2.24) is 19.8 Å². The first kappa shape index (κ1) is 25.2. The fourth-order valence-corrected chi connectivity index (χ4v) is 5.64. The maximum Gasteiger partial charge on any atom is 0.329 e. The molecule has 0 aliphatic carbocycles. The first-order chi connectivity index (χ1) is 17.6. The average molecular weight is 517 g/mol. The highest BCUT2D eigenvalue weighted by Crippen LogP contribution is 2.41. The molecular weight excluding hydrogens is 489 g/mol. The normalized spacial score (nSPS) is 23.2. The third-order valence-electron chi connectivity index (χ3n) is 7.79. The molecule has 5 rings (SSSR count). The van der Waals surface area contributed by atoms with Crippen LogP contribution in [0.4, 0.5) is 13.2 Å². The van der Waals surface area contributed by atoms with Gasteiger partial charge < -0.3 is 15.0 Å². The van der Waals surface area contributed by atoms with Crippen LogP contribution in [0.2, 0.25) is 0 Å². The van der Waals surface area contributed by atoms with Gasteiger partial charge >= 0.3 is 5.69 Å². The SMILES string of the molecule is C[C@H](NC(=O)C(CC12CCC(COC1)N2C)n1c(=O)[nH]c2ccc(F)cc2c1=O)c1ccc(F)cc1F. The summed E-state index contributed by atoms with van der Waals surface area (Å²) in [5, 5.41) is 2.60. The lowest BCUT2D eigenvalue weighted by atomic mass is 9.88. The molecule has 2 aliphatic rings. The number of fused-ring (bicyclic) bond motifs is 3. The second-order valence-corrected chi connectivity index (χ2v) is 9.95. The lowest BCUT2D eigenvalue weighted by molar-refractivity contribution is -0.128. The molecule has 2 fully saturated rings. The molecule has 196 valence electrons. The van der Waals surface area contributed by atoms with Crippen LogP contribution in [-0.4, -0.2) is 52.2 Å². The van der Waals surface area contributed by atoms with Gasteiger partial charge in [0.15, 0.2) is 0 Å². The van der Waals surface area contributed by atoms with Crippen LogP contribution >= 0.6 is 0 Å². The minimum atomic E-state index is -1.31. The van der Waals surface area contributed by atoms with E-state index in [2.05, 4.69) is 15.2 Å². The van der Waals surface area contributed by atoms with E-state index in [1.54, 1.807) is 0 Å². The van der Waals surface area contributed by atoms with E-state index in [-0.39, 0.29) is 28.9 Å². The van der Waals surface area contributed by atoms with Crippen molar-refractivity contribution in [2.45, 2.75) is 49.9 Å². The largest absolute Gasteiger partial charge is 0.378 e. The van der Waals surface area contributed by atoms with Gasteiger partial charge in [-0.25, -0.2) is 22.5 Å². The summed E-state index contributed by atoms with van der Waals surface area (Å²) in [6.45, 7) is 2.38. The molecule has 37 heavy (non-hydrogen) atoms. The van der Waals surface area contributed by atoms with Crippen molar-refractivity contribution in [1.29, 1.82) is 0 Å². The van der Waals surface area contributed by atoms with Gasteiger partial charge in [0.2, 0.25) is 5.91 Å². The van der Waals surface area contributed by atoms with Crippen LogP contribution in [0.1, 0.15) is 43.8 Å². The third kappa shape index (κ3) is 4.46. The zero-order valence-electron chi connectivity index (χ0n) is 20.4. The van der Waals surface area contributed by atoms with E-state index < -0.39 is 52.2 Å². The zero-order chi connectivity index (χ0) is 26.5. The molecule has 1 amide bonds. The molecule has 11 heteroatoms. The van der Waals surface area contributed by atoms with Crippen LogP contribution < -0.4 is 16.6 Å². The fourth-order valence-electron chi connectivity index (χ4n) is 5.64. The minimum absolute atomic E-state index is 0.0487. The van der Waals surface area contributed by atoms with Crippen molar-refractivity contribution in [3.05, 3.63) is 80.3 Å². The van der Waals surface area contributed by atoms with Crippen molar-refractivity contribution in [2.75, 3.05) is 20.3 Å². The topological polar surface area (TPSA) is 96.4 Å². The van der Waals surface area contributed by atoms with E-state index in [9.17, 15) is 27.6 Å². The first-order valence-electron chi connectivity index (χ1n) is 12.1. The molecule has 0 spiro atoms. The van der Waals surface area contributed by atoms with Gasteiger partial charge in [0.05, 0.1) is 30.2 Å². The second kappa shape index (κ2) is 9.46. The molecule has 4 atom stereocenters. The van der Waals surface area contributed by atoms with Gasteiger partial charge in [-0.15, -0.1) is 0 Å². The molecule has 0 radical (unpaired) electrons. The number of rotatable bonds is 6. The lowest BCUT2D eigenvalue weighted by Crippen LogP contribution is -2.57. The highest BCUT2D eigenvalue weighted by Gasteiger charge is 2.50. The van der Waals surface area contributed by atoms with E-state index in [1.165, 1.54) is 19.1 Å². The molecule has 2 bridgehead atoms. The molecule has 1 aromatic heterocycles. The van der Waals surface area contributed by atoms with Crippen LogP contribution in [0, 0.1) is 17.5 Å². The van der Waals surface area contributed by atoms with Gasteiger partial charge in [0.1, 0.15) is 23.5 Å². The molecule has 0 saturated carbocycles. The zero-order valence-corrected chi connectivity index (χ0v) is 20.4. The summed E-state index contributed by atoms with van der Waals surface area (Å²) in [4.78, 5) is 45.0. The fraction of sp³-hybridized carbons (Fsp3) is 0.423. The smallest absolute Gasteiger partial charge is 0.329 e. The van der Waals surface area contributed by atoms with E-state index >= 15 is 0 Å². The highest BCUT2D eigenvalue weighted by molar-refractivity contribution is 5.82. The minimum Gasteiger partial charge on any atom is -0.378 e. The number of nitrogens with one attached hydrogen (secondary N) is 2. The molecule has 2 aromatic carbocycles. The Hall–Kier alpha value is -3.44. The molecular formula is C26H27F3N4O4. The average Bonchev–Trinajstić information content (AvgIpc) is 3.00. The Morgan fingerprint density at radius 1 is 1.19 bits per heavy atom. The summed E-state index contributed by atoms with van der Waals surface area (Å²) in [6.07, 6.45) is 1.58. The molecule has 3 heterocycles. The second-order valence-electron chi connectivity index (χ2n) is 9.95. The van der Waals surface area contributed by atoms with Crippen LogP contribution in [0.15, 0.2) is 46.0 Å². The van der Waals surface area contributed by atoms with Gasteiger partial charge in [-0.3, -0.25) is 14.5 Å². The van der Waals surface area contributed by atoms with Crippen LogP contribution in [0.5, 0.6) is 0 Å². The van der Waals surface area contributed by atoms with Gasteiger partial charge in [0, 0.05) is 23.2 Å². The number of hydrogen-bond acceptors (Lipinski definition) is 5. The van der Waals surface area contributed by atoms with E-state index in [0.717, 1.165) is 29.2 Å². The number of hydrogen-bond donors (Lipinski definition) is 2. The number of morpholine rings is 1. The van der Waals surface area contributed by atoms with Crippen LogP contribution in [0.25, 0.3) is 10.9 Å². The summed E-state index contributed by atoms with van der Waals surface area (Å²) in [5.41, 5.74) is -2.06. The Labute approximate surface area is 210 Å². The van der Waals surface area contributed by atoms with Crippen LogP contribution in [-0.2, 0) is 9.53 Å². The lowest BCUT2D eigenvalue weighted by Gasteiger charge is -2.44. The van der Waals surface area contributed by atoms with E-state index in [1.807, 2.05) is 7.05 Å². The maximum absolute atomic E-state index is 14.4. The van der Waals surface area contributed by atoms with Crippen molar-refractivity contribution in [3.8, 4) is 0 Å². The van der Waals surface area contributed by atoms with Gasteiger partial charge in [-0.1, -0.05) is 6.07 Å². The number of likely N-dealkylation sites (N-methyl/N-ethyl adjacent to an activating group) is 1. The maximum atomic E-state index is 14.4. The molecule has 2 N–H and O–H groups in total. The Bertz CT molecular complexity index is 1480. The van der Waals surface area contributed by atoms with E-state index in [0.29, 0.717) is 25.7 Å². The molecule has 3 aromatic rings. The number of amides is 1. The molecule has 2 saturated heterocycles. The summed E-state index contributed by atoms with van der Waals surface area (Å²) in [7, 11) is 1.93. The predicted octanol–water partition coefficient (Wildman–Crippen LogP) is 2.78. The Morgan fingerprint density at radius 2 is 1.92 bits per heavy atom. The number of halogens is 3. The number of aromatic nitrogens is 2. The number of nitrogens with zero attached hydrogens (tertiary/aromatic N) is 2. The number of carbonyl (C=O) groups is 1. The van der Waals surface area contributed by atoms with Crippen molar-refractivity contribution in [3.63, 3.8) is 0 Å². The summed E-state index contributed by atoms with van der Waals surface area (Å²) in [5.74, 6) is -2.95. The van der Waals surface area contributed by atoms with Gasteiger partial charge in [-0.05, 0) is 57.5 Å². The predicted molar refractivity (Wildman–Crippen MR) is 130 cm³/mol. The van der Waals surface area contributed by atoms with Crippen molar-refractivity contribution in [2.24, 2.45) is 0 Å². The molecule has 2 aliphatic heterocycles. The quantitative estimate of drug-likeness (QED) is 0.526. The van der Waals surface area contributed by atoms with Gasteiger partial charge in [0.25, 0.3) is 5.56 Å². The van der Waals surface area contributed by atoms with Crippen LogP contribution in [0.3, 0.4) is 0 Å². The number of ether oxygens (including phenoxy) is 1. The third-order valence-corrected chi connectivity index (χ3v) is 7.79.